The molecule has 0 radical (unpaired) electrons. The van der Waals surface area contributed by atoms with Gasteiger partial charge in [-0.1, -0.05) is 18.2 Å². The molecule has 1 saturated heterocycles. The molecule has 1 fully saturated rings. The normalized spacial score (nSPS) is 23.1. The van der Waals surface area contributed by atoms with Crippen LogP contribution in [-0.2, 0) is 10.0 Å². The Kier molecular flexibility index (Phi) is 6.64. The zero-order valence-electron chi connectivity index (χ0n) is 18.8. The van der Waals surface area contributed by atoms with Crippen molar-refractivity contribution in [3.8, 4) is 5.75 Å². The van der Waals surface area contributed by atoms with Gasteiger partial charge in [-0.25, -0.2) is 17.8 Å². The van der Waals surface area contributed by atoms with E-state index in [0.717, 1.165) is 11.5 Å². The van der Waals surface area contributed by atoms with Crippen LogP contribution in [0.25, 0.3) is 0 Å². The molecule has 5 rings (SSSR count). The van der Waals surface area contributed by atoms with Gasteiger partial charge in [0.15, 0.2) is 0 Å². The van der Waals surface area contributed by atoms with Crippen molar-refractivity contribution in [1.29, 1.82) is 0 Å². The second-order valence-corrected chi connectivity index (χ2v) is 11.2. The third kappa shape index (κ3) is 5.04. The fraction of sp³-hybridized carbons (Fsp3) is 0.391. The van der Waals surface area contributed by atoms with E-state index in [9.17, 15) is 26.0 Å². The number of halogens is 4. The molecule has 13 heteroatoms. The van der Waals surface area contributed by atoms with Crippen molar-refractivity contribution in [2.45, 2.75) is 42.4 Å². The van der Waals surface area contributed by atoms with Crippen LogP contribution >= 0.6 is 11.5 Å². The predicted octanol–water partition coefficient (Wildman–Crippen LogP) is 5.32. The minimum Gasteiger partial charge on any atom is -0.493 e. The summed E-state index contributed by atoms with van der Waals surface area (Å²) in [5, 5.41) is 0.126. The van der Waals surface area contributed by atoms with Gasteiger partial charge in [-0.05, 0) is 43.1 Å². The van der Waals surface area contributed by atoms with Crippen LogP contribution in [0.5, 0.6) is 5.75 Å². The number of rotatable bonds is 5. The van der Waals surface area contributed by atoms with Gasteiger partial charge in [0.25, 0.3) is 10.0 Å². The minimum atomic E-state index is -4.32. The zero-order valence-corrected chi connectivity index (χ0v) is 20.4. The Morgan fingerprint density at radius 2 is 1.86 bits per heavy atom. The molecule has 0 spiro atoms. The van der Waals surface area contributed by atoms with Crippen LogP contribution in [0, 0.1) is 11.7 Å². The number of sulfonamides is 1. The second kappa shape index (κ2) is 9.60. The highest BCUT2D eigenvalue weighted by Crippen LogP contribution is 2.48. The van der Waals surface area contributed by atoms with Gasteiger partial charge in [0.2, 0.25) is 5.13 Å². The molecule has 0 bridgehead atoms. The van der Waals surface area contributed by atoms with E-state index >= 15 is 0 Å². The average molecular weight is 543 g/mol. The van der Waals surface area contributed by atoms with Crippen molar-refractivity contribution in [3.63, 3.8) is 0 Å². The van der Waals surface area contributed by atoms with Gasteiger partial charge >= 0.3 is 6.18 Å². The number of aromatic nitrogens is 2. The highest BCUT2D eigenvalue weighted by Gasteiger charge is 2.46. The van der Waals surface area contributed by atoms with E-state index in [-0.39, 0.29) is 42.1 Å². The number of piperidine rings is 1. The third-order valence-corrected chi connectivity index (χ3v) is 8.69. The Balaban J connectivity index is 1.46. The molecular weight excluding hydrogens is 520 g/mol. The summed E-state index contributed by atoms with van der Waals surface area (Å²) < 4.78 is 91.9. The molecular formula is C23H22F4N4O3S2. The standard InChI is InChI=1S/C23H22F4N4O3S2/c24-16-3-1-14(2-4-16)20-11-15(23(25,26)27)7-9-31(20)19-8-10-34-21-12-17(5-6-18(19)21)36(32,33)30-22-28-13-29-35-22/h1-6,12-13,15,19-20H,7-11H2,(H,28,29,30)/t15-,19-,20-/m0/s1. The maximum atomic E-state index is 13.6. The van der Waals surface area contributed by atoms with Crippen molar-refractivity contribution in [1.82, 2.24) is 14.3 Å². The van der Waals surface area contributed by atoms with Crippen molar-refractivity contribution in [2.24, 2.45) is 5.92 Å². The van der Waals surface area contributed by atoms with Gasteiger partial charge in [0.1, 0.15) is 17.9 Å². The van der Waals surface area contributed by atoms with Crippen molar-refractivity contribution < 1.29 is 30.7 Å². The first-order valence-corrected chi connectivity index (χ1v) is 13.5. The topological polar surface area (TPSA) is 84.4 Å². The number of nitrogens with one attached hydrogen (secondary N) is 1. The lowest BCUT2D eigenvalue weighted by Gasteiger charge is -2.46. The molecule has 7 nitrogen and oxygen atoms in total. The molecule has 3 heterocycles. The van der Waals surface area contributed by atoms with Crippen LogP contribution in [0.2, 0.25) is 0 Å². The highest BCUT2D eigenvalue weighted by molar-refractivity contribution is 7.93. The van der Waals surface area contributed by atoms with Crippen LogP contribution in [0.15, 0.2) is 53.7 Å². The molecule has 3 aromatic rings. The van der Waals surface area contributed by atoms with Crippen molar-refractivity contribution in [2.75, 3.05) is 17.9 Å². The summed E-state index contributed by atoms with van der Waals surface area (Å²) in [6.45, 7) is 0.468. The van der Waals surface area contributed by atoms with Gasteiger partial charge in [-0.15, -0.1) is 0 Å². The van der Waals surface area contributed by atoms with Crippen LogP contribution < -0.4 is 9.46 Å². The summed E-state index contributed by atoms with van der Waals surface area (Å²) in [5.74, 6) is -1.55. The molecule has 2 aromatic carbocycles. The lowest BCUT2D eigenvalue weighted by Crippen LogP contribution is -2.44. The van der Waals surface area contributed by atoms with Gasteiger partial charge in [0.05, 0.1) is 17.4 Å². The monoisotopic (exact) mass is 542 g/mol. The first-order valence-electron chi connectivity index (χ1n) is 11.3. The Hall–Kier alpha value is -2.77. The molecule has 192 valence electrons. The molecule has 2 aliphatic heterocycles. The lowest BCUT2D eigenvalue weighted by atomic mass is 9.84. The number of likely N-dealkylation sites (tertiary alicyclic amines) is 1. The van der Waals surface area contributed by atoms with E-state index in [0.29, 0.717) is 23.3 Å². The molecule has 0 saturated carbocycles. The largest absolute Gasteiger partial charge is 0.493 e. The predicted molar refractivity (Wildman–Crippen MR) is 125 cm³/mol. The number of hydrogen-bond donors (Lipinski definition) is 1. The fourth-order valence-corrected chi connectivity index (χ4v) is 6.60. The molecule has 0 amide bonds. The van der Waals surface area contributed by atoms with Crippen LogP contribution in [0.1, 0.15) is 42.5 Å². The molecule has 36 heavy (non-hydrogen) atoms. The van der Waals surface area contributed by atoms with E-state index in [2.05, 4.69) is 14.1 Å². The maximum Gasteiger partial charge on any atom is 0.391 e. The minimum absolute atomic E-state index is 0.0250. The van der Waals surface area contributed by atoms with Gasteiger partial charge in [-0.2, -0.15) is 17.5 Å². The number of anilines is 1. The number of ether oxygens (including phenoxy) is 1. The molecule has 1 aromatic heterocycles. The summed E-state index contributed by atoms with van der Waals surface area (Å²) in [6.07, 6.45) is -2.74. The van der Waals surface area contributed by atoms with E-state index in [1.807, 2.05) is 4.90 Å². The Morgan fingerprint density at radius 3 is 2.56 bits per heavy atom. The third-order valence-electron chi connectivity index (χ3n) is 6.65. The molecule has 0 unspecified atom stereocenters. The first-order chi connectivity index (χ1) is 17.1. The number of hydrogen-bond acceptors (Lipinski definition) is 7. The van der Waals surface area contributed by atoms with Gasteiger partial charge in [0, 0.05) is 41.7 Å². The van der Waals surface area contributed by atoms with Crippen LogP contribution in [-0.4, -0.2) is 42.0 Å². The van der Waals surface area contributed by atoms with Gasteiger partial charge < -0.3 is 4.74 Å². The lowest BCUT2D eigenvalue weighted by molar-refractivity contribution is -0.192. The first kappa shape index (κ1) is 24.9. The zero-order chi connectivity index (χ0) is 25.5. The Bertz CT molecular complexity index is 1320. The average Bonchev–Trinajstić information content (AvgIpc) is 3.35. The smallest absolute Gasteiger partial charge is 0.391 e. The SMILES string of the molecule is O=S(=O)(Nc1ncns1)c1ccc2c(c1)OCC[C@@H]2N1CC[C@H](C(F)(F)F)C[C@H]1c1ccc(F)cc1. The van der Waals surface area contributed by atoms with Crippen LogP contribution in [0.4, 0.5) is 22.7 Å². The molecule has 3 atom stereocenters. The number of fused-ring (bicyclic) bond motifs is 1. The summed E-state index contributed by atoms with van der Waals surface area (Å²) in [4.78, 5) is 5.81. The maximum absolute atomic E-state index is 13.6. The summed E-state index contributed by atoms with van der Waals surface area (Å²) in [7, 11) is -3.94. The van der Waals surface area contributed by atoms with E-state index in [1.54, 1.807) is 6.07 Å². The quantitative estimate of drug-likeness (QED) is 0.440. The number of benzene rings is 2. The summed E-state index contributed by atoms with van der Waals surface area (Å²) >= 11 is 0.900. The van der Waals surface area contributed by atoms with E-state index in [1.165, 1.54) is 42.7 Å². The summed E-state index contributed by atoms with van der Waals surface area (Å²) in [6, 6.07) is 9.21. The molecule has 2 aliphatic rings. The second-order valence-electron chi connectivity index (χ2n) is 8.77. The molecule has 0 aliphatic carbocycles. The van der Waals surface area contributed by atoms with Crippen LogP contribution in [0.3, 0.4) is 0 Å². The summed E-state index contributed by atoms with van der Waals surface area (Å²) in [5.41, 5.74) is 1.31. The number of nitrogens with zero attached hydrogens (tertiary/aromatic N) is 3. The van der Waals surface area contributed by atoms with Gasteiger partial charge in [-0.3, -0.25) is 9.62 Å². The number of alkyl halides is 3. The van der Waals surface area contributed by atoms with Crippen molar-refractivity contribution >= 4 is 26.7 Å². The highest BCUT2D eigenvalue weighted by atomic mass is 32.2. The Morgan fingerprint density at radius 1 is 1.08 bits per heavy atom. The van der Waals surface area contributed by atoms with E-state index in [4.69, 9.17) is 4.74 Å². The van der Waals surface area contributed by atoms with Crippen molar-refractivity contribution in [3.05, 3.63) is 65.7 Å². The van der Waals surface area contributed by atoms with E-state index < -0.39 is 34.0 Å². The Labute approximate surface area is 209 Å². The molecule has 1 N–H and O–H groups in total. The fourth-order valence-electron chi connectivity index (χ4n) is 4.92.